The van der Waals surface area contributed by atoms with Gasteiger partial charge in [-0.25, -0.2) is 4.98 Å². The Balaban J connectivity index is 1.30. The zero-order valence-electron chi connectivity index (χ0n) is 17.5. The predicted octanol–water partition coefficient (Wildman–Crippen LogP) is 4.47. The summed E-state index contributed by atoms with van der Waals surface area (Å²) in [5.41, 5.74) is 2.60. The second kappa shape index (κ2) is 9.61. The molecule has 0 radical (unpaired) electrons. The average Bonchev–Trinajstić information content (AvgIpc) is 3.21. The maximum absolute atomic E-state index is 12.3. The van der Waals surface area contributed by atoms with Crippen LogP contribution < -0.4 is 15.0 Å². The average molecular weight is 479 g/mol. The fourth-order valence-corrected chi connectivity index (χ4v) is 5.25. The van der Waals surface area contributed by atoms with Crippen molar-refractivity contribution in [2.75, 3.05) is 51.3 Å². The number of carbonyl (C=O) groups excluding carboxylic acids is 1. The molecule has 2 heterocycles. The molecule has 2 aromatic carbocycles. The molecule has 0 saturated carbocycles. The van der Waals surface area contributed by atoms with Crippen molar-refractivity contribution in [3.8, 4) is 5.75 Å². The number of anilines is 1. The van der Waals surface area contributed by atoms with E-state index in [1.165, 1.54) is 10.3 Å². The van der Waals surface area contributed by atoms with Gasteiger partial charge in [-0.1, -0.05) is 40.6 Å². The Kier molecular flexibility index (Phi) is 6.86. The van der Waals surface area contributed by atoms with Crippen LogP contribution in [-0.2, 0) is 0 Å². The van der Waals surface area contributed by atoms with Crippen molar-refractivity contribution >= 4 is 55.8 Å². The lowest BCUT2D eigenvalue weighted by atomic mass is 10.2. The van der Waals surface area contributed by atoms with Gasteiger partial charge in [-0.15, -0.1) is 0 Å². The predicted molar refractivity (Wildman–Crippen MR) is 128 cm³/mol. The summed E-state index contributed by atoms with van der Waals surface area (Å²) < 4.78 is 6.66. The van der Waals surface area contributed by atoms with Crippen LogP contribution in [-0.4, -0.2) is 62.2 Å². The number of halogens is 2. The quantitative estimate of drug-likeness (QED) is 0.566. The van der Waals surface area contributed by atoms with Gasteiger partial charge in [0.2, 0.25) is 0 Å². The Morgan fingerprint density at radius 3 is 2.68 bits per heavy atom. The number of thiazole rings is 1. The summed E-state index contributed by atoms with van der Waals surface area (Å²) in [6.45, 7) is 7.10. The van der Waals surface area contributed by atoms with Gasteiger partial charge in [0.15, 0.2) is 5.13 Å². The number of piperazine rings is 1. The first-order valence-corrected chi connectivity index (χ1v) is 11.7. The van der Waals surface area contributed by atoms with Crippen molar-refractivity contribution in [1.29, 1.82) is 0 Å². The van der Waals surface area contributed by atoms with Gasteiger partial charge in [-0.3, -0.25) is 9.69 Å². The van der Waals surface area contributed by atoms with E-state index in [1.807, 2.05) is 6.07 Å². The van der Waals surface area contributed by atoms with Crippen LogP contribution in [0.25, 0.3) is 10.2 Å². The molecule has 1 N–H and O–H groups in total. The number of nitrogens with one attached hydrogen (secondary N) is 1. The van der Waals surface area contributed by atoms with Gasteiger partial charge in [-0.2, -0.15) is 0 Å². The maximum atomic E-state index is 12.3. The third kappa shape index (κ3) is 4.90. The van der Waals surface area contributed by atoms with E-state index in [4.69, 9.17) is 32.9 Å². The standard InChI is InChI=1S/C22H24Cl2N4O2S/c1-14-3-6-18(30-2)19-20(14)31-22(26-19)28-11-9-27(10-12-28)8-7-25-21(29)16-5-4-15(23)13-17(16)24/h3-6,13H,7-12H2,1-2H3,(H,25,29). The van der Waals surface area contributed by atoms with Crippen LogP contribution in [0, 0.1) is 6.92 Å². The zero-order chi connectivity index (χ0) is 22.0. The van der Waals surface area contributed by atoms with Crippen molar-refractivity contribution in [2.24, 2.45) is 0 Å². The van der Waals surface area contributed by atoms with Gasteiger partial charge in [-0.05, 0) is 36.8 Å². The molecular weight excluding hydrogens is 455 g/mol. The number of benzene rings is 2. The number of rotatable bonds is 6. The third-order valence-corrected chi connectivity index (χ3v) is 7.24. The number of ether oxygens (including phenoxy) is 1. The third-order valence-electron chi connectivity index (χ3n) is 5.44. The van der Waals surface area contributed by atoms with Crippen LogP contribution in [0.4, 0.5) is 5.13 Å². The van der Waals surface area contributed by atoms with Crippen molar-refractivity contribution in [3.05, 3.63) is 51.5 Å². The molecule has 0 spiro atoms. The molecule has 0 aliphatic carbocycles. The molecule has 0 unspecified atom stereocenters. The molecule has 3 aromatic rings. The molecule has 1 aliphatic rings. The fraction of sp³-hybridized carbons (Fsp3) is 0.364. The molecule has 9 heteroatoms. The van der Waals surface area contributed by atoms with E-state index >= 15 is 0 Å². The van der Waals surface area contributed by atoms with Crippen LogP contribution in [0.5, 0.6) is 5.75 Å². The molecule has 0 atom stereocenters. The number of nitrogens with zero attached hydrogens (tertiary/aromatic N) is 3. The van der Waals surface area contributed by atoms with Crippen LogP contribution in [0.1, 0.15) is 15.9 Å². The van der Waals surface area contributed by atoms with Crippen molar-refractivity contribution in [3.63, 3.8) is 0 Å². The molecule has 1 fully saturated rings. The molecule has 1 aliphatic heterocycles. The maximum Gasteiger partial charge on any atom is 0.252 e. The highest BCUT2D eigenvalue weighted by molar-refractivity contribution is 7.22. The smallest absolute Gasteiger partial charge is 0.252 e. The van der Waals surface area contributed by atoms with Gasteiger partial charge >= 0.3 is 0 Å². The van der Waals surface area contributed by atoms with Gasteiger partial charge in [0.25, 0.3) is 5.91 Å². The van der Waals surface area contributed by atoms with Crippen molar-refractivity contribution in [1.82, 2.24) is 15.2 Å². The summed E-state index contributed by atoms with van der Waals surface area (Å²) in [5.74, 6) is 0.636. The molecular formula is C22H24Cl2N4O2S. The van der Waals surface area contributed by atoms with Crippen LogP contribution >= 0.6 is 34.5 Å². The SMILES string of the molecule is COc1ccc(C)c2sc(N3CCN(CCNC(=O)c4ccc(Cl)cc4Cl)CC3)nc12. The Morgan fingerprint density at radius 1 is 1.19 bits per heavy atom. The highest BCUT2D eigenvalue weighted by atomic mass is 35.5. The highest BCUT2D eigenvalue weighted by Crippen LogP contribution is 2.36. The molecule has 164 valence electrons. The number of fused-ring (bicyclic) bond motifs is 1. The van der Waals surface area contributed by atoms with Gasteiger partial charge in [0.05, 0.1) is 22.4 Å². The lowest BCUT2D eigenvalue weighted by molar-refractivity contribution is 0.0948. The summed E-state index contributed by atoms with van der Waals surface area (Å²) in [7, 11) is 1.68. The van der Waals surface area contributed by atoms with Crippen LogP contribution in [0.15, 0.2) is 30.3 Å². The molecule has 0 bridgehead atoms. The van der Waals surface area contributed by atoms with E-state index in [1.54, 1.807) is 36.6 Å². The molecule has 31 heavy (non-hydrogen) atoms. The topological polar surface area (TPSA) is 57.7 Å². The molecule has 6 nitrogen and oxygen atoms in total. The summed E-state index contributed by atoms with van der Waals surface area (Å²) in [5, 5.41) is 4.85. The highest BCUT2D eigenvalue weighted by Gasteiger charge is 2.21. The summed E-state index contributed by atoms with van der Waals surface area (Å²) in [6.07, 6.45) is 0. The molecule has 1 aromatic heterocycles. The van der Waals surface area contributed by atoms with E-state index in [0.717, 1.165) is 49.1 Å². The monoisotopic (exact) mass is 478 g/mol. The number of amides is 1. The van der Waals surface area contributed by atoms with Crippen LogP contribution in [0.2, 0.25) is 10.0 Å². The summed E-state index contributed by atoms with van der Waals surface area (Å²) in [6, 6.07) is 8.95. The first-order valence-electron chi connectivity index (χ1n) is 10.1. The van der Waals surface area contributed by atoms with E-state index < -0.39 is 0 Å². The molecule has 4 rings (SSSR count). The number of aryl methyl sites for hydroxylation is 1. The zero-order valence-corrected chi connectivity index (χ0v) is 19.8. The minimum atomic E-state index is -0.181. The number of hydrogen-bond acceptors (Lipinski definition) is 6. The number of methoxy groups -OCH3 is 1. The van der Waals surface area contributed by atoms with E-state index in [-0.39, 0.29) is 5.91 Å². The molecule has 1 amide bonds. The van der Waals surface area contributed by atoms with Gasteiger partial charge < -0.3 is 15.0 Å². The Hall–Kier alpha value is -2.06. The summed E-state index contributed by atoms with van der Waals surface area (Å²) >= 11 is 13.7. The lowest BCUT2D eigenvalue weighted by Crippen LogP contribution is -2.48. The Bertz CT molecular complexity index is 1100. The summed E-state index contributed by atoms with van der Waals surface area (Å²) in [4.78, 5) is 21.9. The number of carbonyl (C=O) groups is 1. The van der Waals surface area contributed by atoms with Gasteiger partial charge in [0.1, 0.15) is 11.3 Å². The van der Waals surface area contributed by atoms with Crippen LogP contribution in [0.3, 0.4) is 0 Å². The van der Waals surface area contributed by atoms with Gasteiger partial charge in [0, 0.05) is 44.3 Å². The number of hydrogen-bond donors (Lipinski definition) is 1. The normalized spacial score (nSPS) is 14.8. The Morgan fingerprint density at radius 2 is 1.97 bits per heavy atom. The van der Waals surface area contributed by atoms with Crippen molar-refractivity contribution in [2.45, 2.75) is 6.92 Å². The minimum absolute atomic E-state index is 0.181. The minimum Gasteiger partial charge on any atom is -0.494 e. The first-order chi connectivity index (χ1) is 15.0. The fourth-order valence-electron chi connectivity index (χ4n) is 3.66. The molecule has 1 saturated heterocycles. The lowest BCUT2D eigenvalue weighted by Gasteiger charge is -2.34. The van der Waals surface area contributed by atoms with E-state index in [2.05, 4.69) is 28.1 Å². The number of aromatic nitrogens is 1. The van der Waals surface area contributed by atoms with E-state index in [9.17, 15) is 4.79 Å². The second-order valence-electron chi connectivity index (χ2n) is 7.47. The Labute approximate surface area is 195 Å². The second-order valence-corrected chi connectivity index (χ2v) is 9.29. The first kappa shape index (κ1) is 22.1. The largest absolute Gasteiger partial charge is 0.494 e. The van der Waals surface area contributed by atoms with E-state index in [0.29, 0.717) is 22.2 Å². The van der Waals surface area contributed by atoms with Crippen molar-refractivity contribution < 1.29 is 9.53 Å².